The first kappa shape index (κ1) is 18.5. The van der Waals surface area contributed by atoms with Gasteiger partial charge in [-0.15, -0.1) is 12.4 Å². The van der Waals surface area contributed by atoms with E-state index in [4.69, 9.17) is 0 Å². The number of nitrogens with zero attached hydrogens (tertiary/aromatic N) is 1. The first-order chi connectivity index (χ1) is 9.60. The number of amides is 1. The van der Waals surface area contributed by atoms with Crippen molar-refractivity contribution in [2.75, 3.05) is 26.2 Å². The third-order valence-corrected chi connectivity index (χ3v) is 4.33. The van der Waals surface area contributed by atoms with Crippen LogP contribution in [0.2, 0.25) is 0 Å². The summed E-state index contributed by atoms with van der Waals surface area (Å²) in [6.45, 7) is 8.00. The lowest BCUT2D eigenvalue weighted by Gasteiger charge is -2.32. The van der Waals surface area contributed by atoms with Crippen LogP contribution in [0.1, 0.15) is 35.7 Å². The van der Waals surface area contributed by atoms with E-state index in [1.807, 2.05) is 30.0 Å². The summed E-state index contributed by atoms with van der Waals surface area (Å²) in [5.41, 5.74) is 1.91. The fraction of sp³-hybridized carbons (Fsp3) is 0.562. The Morgan fingerprint density at radius 2 is 2.00 bits per heavy atom. The number of piperidine rings is 1. The number of nitrogens with one attached hydrogen (secondary N) is 1. The van der Waals surface area contributed by atoms with Crippen molar-refractivity contribution in [3.05, 3.63) is 33.8 Å². The van der Waals surface area contributed by atoms with E-state index in [2.05, 4.69) is 28.2 Å². The number of benzene rings is 1. The van der Waals surface area contributed by atoms with Crippen LogP contribution in [0.3, 0.4) is 0 Å². The van der Waals surface area contributed by atoms with Crippen molar-refractivity contribution in [3.63, 3.8) is 0 Å². The van der Waals surface area contributed by atoms with E-state index in [9.17, 15) is 4.79 Å². The molecule has 0 unspecified atom stereocenters. The second-order valence-corrected chi connectivity index (χ2v) is 6.48. The molecular formula is C16H24BrClN2O. The standard InChI is InChI=1S/C16H23BrN2O.ClH/c1-3-18-11-13-4-6-19(7-5-13)16(20)14-8-12(2)9-15(17)10-14;/h8-10,13,18H,3-7,11H2,1-2H3;1H. The second kappa shape index (κ2) is 8.76. The van der Waals surface area contributed by atoms with Gasteiger partial charge in [-0.2, -0.15) is 0 Å². The molecule has 1 saturated heterocycles. The smallest absolute Gasteiger partial charge is 0.253 e. The number of halogens is 2. The fourth-order valence-corrected chi connectivity index (χ4v) is 3.34. The van der Waals surface area contributed by atoms with Crippen LogP contribution >= 0.6 is 28.3 Å². The molecule has 0 spiro atoms. The molecule has 0 aromatic heterocycles. The monoisotopic (exact) mass is 374 g/mol. The molecule has 1 heterocycles. The van der Waals surface area contributed by atoms with Gasteiger partial charge in [0, 0.05) is 23.1 Å². The zero-order chi connectivity index (χ0) is 14.5. The van der Waals surface area contributed by atoms with Crippen molar-refractivity contribution < 1.29 is 4.79 Å². The number of hydrogen-bond acceptors (Lipinski definition) is 2. The summed E-state index contributed by atoms with van der Waals surface area (Å²) >= 11 is 3.46. The van der Waals surface area contributed by atoms with Crippen LogP contribution in [0.25, 0.3) is 0 Å². The maximum Gasteiger partial charge on any atom is 0.253 e. The molecule has 5 heteroatoms. The van der Waals surface area contributed by atoms with Gasteiger partial charge >= 0.3 is 0 Å². The van der Waals surface area contributed by atoms with E-state index in [1.54, 1.807) is 0 Å². The molecule has 1 aliphatic rings. The van der Waals surface area contributed by atoms with E-state index in [1.165, 1.54) is 0 Å². The molecule has 0 aliphatic carbocycles. The Kier molecular flexibility index (Phi) is 7.71. The van der Waals surface area contributed by atoms with Gasteiger partial charge in [-0.25, -0.2) is 0 Å². The average Bonchev–Trinajstić information content (AvgIpc) is 2.44. The van der Waals surface area contributed by atoms with Gasteiger partial charge in [0.05, 0.1) is 0 Å². The molecule has 0 saturated carbocycles. The van der Waals surface area contributed by atoms with Crippen molar-refractivity contribution in [1.29, 1.82) is 0 Å². The molecule has 1 N–H and O–H groups in total. The van der Waals surface area contributed by atoms with Gasteiger partial charge in [-0.3, -0.25) is 4.79 Å². The van der Waals surface area contributed by atoms with E-state index < -0.39 is 0 Å². The predicted molar refractivity (Wildman–Crippen MR) is 93.3 cm³/mol. The van der Waals surface area contributed by atoms with Gasteiger partial charge in [0.25, 0.3) is 5.91 Å². The van der Waals surface area contributed by atoms with Crippen molar-refractivity contribution in [1.82, 2.24) is 10.2 Å². The Hall–Kier alpha value is -0.580. The van der Waals surface area contributed by atoms with Crippen LogP contribution in [0.4, 0.5) is 0 Å². The molecule has 0 atom stereocenters. The summed E-state index contributed by atoms with van der Waals surface area (Å²) in [5.74, 6) is 0.875. The Bertz CT molecular complexity index is 453. The third-order valence-electron chi connectivity index (χ3n) is 3.87. The molecule has 1 aromatic rings. The fourth-order valence-electron chi connectivity index (χ4n) is 2.73. The minimum Gasteiger partial charge on any atom is -0.339 e. The SMILES string of the molecule is CCNCC1CCN(C(=O)c2cc(C)cc(Br)c2)CC1.Cl. The van der Waals surface area contributed by atoms with Gasteiger partial charge in [0.15, 0.2) is 0 Å². The topological polar surface area (TPSA) is 32.3 Å². The molecule has 3 nitrogen and oxygen atoms in total. The normalized spacial score (nSPS) is 15.7. The van der Waals surface area contributed by atoms with E-state index in [0.29, 0.717) is 5.92 Å². The minimum atomic E-state index is 0. The second-order valence-electron chi connectivity index (χ2n) is 5.56. The third kappa shape index (κ3) is 5.28. The lowest BCUT2D eigenvalue weighted by molar-refractivity contribution is 0.0690. The van der Waals surface area contributed by atoms with Crippen molar-refractivity contribution in [3.8, 4) is 0 Å². The molecule has 1 fully saturated rings. The van der Waals surface area contributed by atoms with E-state index in [0.717, 1.165) is 54.6 Å². The van der Waals surface area contributed by atoms with Crippen LogP contribution in [-0.4, -0.2) is 37.0 Å². The summed E-state index contributed by atoms with van der Waals surface area (Å²) in [6.07, 6.45) is 2.21. The molecule has 0 radical (unpaired) electrons. The van der Waals surface area contributed by atoms with Crippen LogP contribution in [0.5, 0.6) is 0 Å². The van der Waals surface area contributed by atoms with Crippen molar-refractivity contribution >= 4 is 34.2 Å². The first-order valence-electron chi connectivity index (χ1n) is 7.37. The van der Waals surface area contributed by atoms with Crippen LogP contribution in [-0.2, 0) is 0 Å². The summed E-state index contributed by atoms with van der Waals surface area (Å²) in [5, 5.41) is 3.40. The van der Waals surface area contributed by atoms with Crippen molar-refractivity contribution in [2.45, 2.75) is 26.7 Å². The maximum atomic E-state index is 12.5. The first-order valence-corrected chi connectivity index (χ1v) is 8.16. The van der Waals surface area contributed by atoms with E-state index in [-0.39, 0.29) is 18.3 Å². The zero-order valence-corrected chi connectivity index (χ0v) is 15.1. The Morgan fingerprint density at radius 1 is 1.33 bits per heavy atom. The predicted octanol–water partition coefficient (Wildman–Crippen LogP) is 3.64. The highest BCUT2D eigenvalue weighted by Gasteiger charge is 2.23. The largest absolute Gasteiger partial charge is 0.339 e. The Labute approximate surface area is 142 Å². The van der Waals surface area contributed by atoms with Crippen LogP contribution < -0.4 is 5.32 Å². The van der Waals surface area contributed by atoms with Crippen LogP contribution in [0, 0.1) is 12.8 Å². The zero-order valence-electron chi connectivity index (χ0n) is 12.7. The summed E-state index contributed by atoms with van der Waals surface area (Å²) < 4.78 is 0.975. The number of likely N-dealkylation sites (tertiary alicyclic amines) is 1. The van der Waals surface area contributed by atoms with Gasteiger partial charge < -0.3 is 10.2 Å². The number of carbonyl (C=O) groups is 1. The van der Waals surface area contributed by atoms with Gasteiger partial charge in [0.1, 0.15) is 0 Å². The number of hydrogen-bond donors (Lipinski definition) is 1. The highest BCUT2D eigenvalue weighted by molar-refractivity contribution is 9.10. The molecule has 2 rings (SSSR count). The Morgan fingerprint density at radius 3 is 2.57 bits per heavy atom. The van der Waals surface area contributed by atoms with E-state index >= 15 is 0 Å². The number of carbonyl (C=O) groups excluding carboxylic acids is 1. The maximum absolute atomic E-state index is 12.5. The summed E-state index contributed by atoms with van der Waals surface area (Å²) in [4.78, 5) is 14.5. The van der Waals surface area contributed by atoms with Gasteiger partial charge in [-0.1, -0.05) is 22.9 Å². The molecular weight excluding hydrogens is 352 g/mol. The summed E-state index contributed by atoms with van der Waals surface area (Å²) in [6, 6.07) is 5.91. The quantitative estimate of drug-likeness (QED) is 0.871. The highest BCUT2D eigenvalue weighted by atomic mass is 79.9. The summed E-state index contributed by atoms with van der Waals surface area (Å²) in [7, 11) is 0. The average molecular weight is 376 g/mol. The van der Waals surface area contributed by atoms with Gasteiger partial charge in [0.2, 0.25) is 0 Å². The van der Waals surface area contributed by atoms with Crippen LogP contribution in [0.15, 0.2) is 22.7 Å². The lowest BCUT2D eigenvalue weighted by atomic mass is 9.96. The molecule has 1 aliphatic heterocycles. The van der Waals surface area contributed by atoms with Crippen molar-refractivity contribution in [2.24, 2.45) is 5.92 Å². The lowest BCUT2D eigenvalue weighted by Crippen LogP contribution is -2.40. The number of aryl methyl sites for hydroxylation is 1. The molecule has 118 valence electrons. The number of rotatable bonds is 4. The molecule has 0 bridgehead atoms. The molecule has 21 heavy (non-hydrogen) atoms. The van der Waals surface area contributed by atoms with Gasteiger partial charge in [-0.05, 0) is 62.5 Å². The molecule has 1 amide bonds. The molecule has 1 aromatic carbocycles. The highest BCUT2D eigenvalue weighted by Crippen LogP contribution is 2.21. The Balaban J connectivity index is 0.00000220. The minimum absolute atomic E-state index is 0.